The first-order chi connectivity index (χ1) is 12.7. The highest BCUT2D eigenvalue weighted by Crippen LogP contribution is 2.39. The first kappa shape index (κ1) is 16.1. The Bertz CT molecular complexity index is 812. The number of hydrogen-bond acceptors (Lipinski definition) is 2. The standard InChI is InChI=1S/C23H26N2O/c1-15-4-2-7-19(12-15)16-8-10-17(11-9-16)22-20-13-25(14-21(22)24-20)23(26)18-5-3-6-18/h2,4,7-12,18,20-22,24H,3,5-6,13-14H2,1H3/t20-,21+,22?. The third kappa shape index (κ3) is 2.66. The smallest absolute Gasteiger partial charge is 0.225 e. The van der Waals surface area contributed by atoms with E-state index in [-0.39, 0.29) is 0 Å². The molecule has 2 aromatic rings. The van der Waals surface area contributed by atoms with Gasteiger partial charge in [0.05, 0.1) is 0 Å². The summed E-state index contributed by atoms with van der Waals surface area (Å²) in [5.41, 5.74) is 5.25. The molecule has 4 fully saturated rings. The lowest BCUT2D eigenvalue weighted by atomic mass is 9.73. The Morgan fingerprint density at radius 1 is 1.00 bits per heavy atom. The van der Waals surface area contributed by atoms with Gasteiger partial charge in [0.2, 0.25) is 5.91 Å². The van der Waals surface area contributed by atoms with Crippen LogP contribution in [0.1, 0.15) is 36.3 Å². The molecular formula is C23H26N2O. The molecule has 1 N–H and O–H groups in total. The summed E-state index contributed by atoms with van der Waals surface area (Å²) in [4.78, 5) is 14.6. The largest absolute Gasteiger partial charge is 0.339 e. The lowest BCUT2D eigenvalue weighted by Crippen LogP contribution is -2.72. The maximum absolute atomic E-state index is 12.5. The second-order valence-electron chi connectivity index (χ2n) is 8.27. The number of amides is 1. The average molecular weight is 346 g/mol. The molecule has 26 heavy (non-hydrogen) atoms. The van der Waals surface area contributed by atoms with Gasteiger partial charge in [0.15, 0.2) is 0 Å². The molecule has 3 atom stereocenters. The molecule has 4 aliphatic rings. The van der Waals surface area contributed by atoms with Crippen molar-refractivity contribution in [2.45, 2.75) is 44.2 Å². The highest BCUT2D eigenvalue weighted by atomic mass is 16.2. The maximum Gasteiger partial charge on any atom is 0.225 e. The number of nitrogens with zero attached hydrogens (tertiary/aromatic N) is 1. The van der Waals surface area contributed by atoms with Gasteiger partial charge in [0.1, 0.15) is 0 Å². The molecule has 1 unspecified atom stereocenters. The van der Waals surface area contributed by atoms with Crippen LogP contribution in [-0.2, 0) is 4.79 Å². The van der Waals surface area contributed by atoms with E-state index in [4.69, 9.17) is 0 Å². The van der Waals surface area contributed by atoms with E-state index in [0.29, 0.717) is 29.8 Å². The predicted octanol–water partition coefficient (Wildman–Crippen LogP) is 3.73. The fraction of sp³-hybridized carbons (Fsp3) is 0.435. The molecule has 0 spiro atoms. The van der Waals surface area contributed by atoms with Gasteiger partial charge in [0, 0.05) is 37.0 Å². The van der Waals surface area contributed by atoms with Gasteiger partial charge < -0.3 is 10.2 Å². The summed E-state index contributed by atoms with van der Waals surface area (Å²) in [5.74, 6) is 1.27. The van der Waals surface area contributed by atoms with E-state index >= 15 is 0 Å². The van der Waals surface area contributed by atoms with Gasteiger partial charge in [-0.25, -0.2) is 0 Å². The number of rotatable bonds is 3. The molecule has 3 nitrogen and oxygen atoms in total. The molecule has 3 aliphatic heterocycles. The highest BCUT2D eigenvalue weighted by Gasteiger charge is 2.48. The third-order valence-corrected chi connectivity index (χ3v) is 6.54. The summed E-state index contributed by atoms with van der Waals surface area (Å²) in [6.07, 6.45) is 3.43. The molecule has 1 saturated carbocycles. The van der Waals surface area contributed by atoms with Gasteiger partial charge >= 0.3 is 0 Å². The van der Waals surface area contributed by atoms with Crippen molar-refractivity contribution < 1.29 is 4.79 Å². The quantitative estimate of drug-likeness (QED) is 0.918. The molecule has 3 heterocycles. The molecule has 1 aliphatic carbocycles. The van der Waals surface area contributed by atoms with E-state index < -0.39 is 0 Å². The second-order valence-corrected chi connectivity index (χ2v) is 8.27. The van der Waals surface area contributed by atoms with Crippen LogP contribution in [0.3, 0.4) is 0 Å². The number of carbonyl (C=O) groups is 1. The van der Waals surface area contributed by atoms with Gasteiger partial charge in [-0.1, -0.05) is 60.5 Å². The van der Waals surface area contributed by atoms with Crippen LogP contribution >= 0.6 is 0 Å². The van der Waals surface area contributed by atoms with Crippen LogP contribution in [0.5, 0.6) is 0 Å². The average Bonchev–Trinajstić information content (AvgIpc) is 2.61. The number of piperidine rings is 1. The van der Waals surface area contributed by atoms with E-state index in [1.54, 1.807) is 0 Å². The van der Waals surface area contributed by atoms with Crippen LogP contribution in [0, 0.1) is 12.8 Å². The summed E-state index contributed by atoms with van der Waals surface area (Å²) < 4.78 is 0. The van der Waals surface area contributed by atoms with Crippen molar-refractivity contribution in [3.63, 3.8) is 0 Å². The molecule has 134 valence electrons. The fourth-order valence-electron chi connectivity index (χ4n) is 4.81. The van der Waals surface area contributed by atoms with Crippen molar-refractivity contribution in [1.82, 2.24) is 10.2 Å². The monoisotopic (exact) mass is 346 g/mol. The summed E-state index contributed by atoms with van der Waals surface area (Å²) in [5, 5.41) is 3.65. The Labute approximate surface area is 155 Å². The van der Waals surface area contributed by atoms with Gasteiger partial charge in [-0.3, -0.25) is 4.79 Å². The molecule has 2 bridgehead atoms. The van der Waals surface area contributed by atoms with Gasteiger partial charge in [-0.15, -0.1) is 0 Å². The zero-order valence-corrected chi connectivity index (χ0v) is 15.3. The first-order valence-corrected chi connectivity index (χ1v) is 9.91. The molecule has 3 heteroatoms. The minimum absolute atomic E-state index is 0.319. The number of piperazine rings is 1. The lowest BCUT2D eigenvalue weighted by molar-refractivity contribution is -0.143. The number of fused-ring (bicyclic) bond motifs is 2. The Balaban J connectivity index is 1.29. The molecule has 1 amide bonds. The van der Waals surface area contributed by atoms with Gasteiger partial charge in [-0.05, 0) is 36.5 Å². The normalized spacial score (nSPS) is 27.6. The number of nitrogens with one attached hydrogen (secondary N) is 1. The van der Waals surface area contributed by atoms with Crippen molar-refractivity contribution in [1.29, 1.82) is 0 Å². The molecule has 2 aromatic carbocycles. The van der Waals surface area contributed by atoms with E-state index in [1.807, 2.05) is 0 Å². The minimum atomic E-state index is 0.319. The lowest BCUT2D eigenvalue weighted by Gasteiger charge is -2.55. The van der Waals surface area contributed by atoms with E-state index in [9.17, 15) is 4.79 Å². The Hall–Kier alpha value is -2.13. The van der Waals surface area contributed by atoms with E-state index in [2.05, 4.69) is 65.7 Å². The van der Waals surface area contributed by atoms with Crippen LogP contribution in [0.2, 0.25) is 0 Å². The van der Waals surface area contributed by atoms with Crippen molar-refractivity contribution in [2.75, 3.05) is 13.1 Å². The second kappa shape index (κ2) is 6.24. The van der Waals surface area contributed by atoms with Crippen LogP contribution in [0.25, 0.3) is 11.1 Å². The summed E-state index contributed by atoms with van der Waals surface area (Å²) in [6.45, 7) is 3.88. The first-order valence-electron chi connectivity index (χ1n) is 9.91. The Morgan fingerprint density at radius 2 is 1.73 bits per heavy atom. The molecule has 3 saturated heterocycles. The van der Waals surface area contributed by atoms with E-state index in [1.165, 1.54) is 28.7 Å². The zero-order chi connectivity index (χ0) is 17.7. The highest BCUT2D eigenvalue weighted by molar-refractivity contribution is 5.80. The fourth-order valence-corrected chi connectivity index (χ4v) is 4.81. The predicted molar refractivity (Wildman–Crippen MR) is 104 cm³/mol. The van der Waals surface area contributed by atoms with Crippen LogP contribution in [-0.4, -0.2) is 36.0 Å². The molecular weight excluding hydrogens is 320 g/mol. The number of benzene rings is 2. The Morgan fingerprint density at radius 3 is 2.35 bits per heavy atom. The Kier molecular flexibility index (Phi) is 3.86. The summed E-state index contributed by atoms with van der Waals surface area (Å²) in [7, 11) is 0. The summed E-state index contributed by atoms with van der Waals surface area (Å²) >= 11 is 0. The molecule has 0 radical (unpaired) electrons. The van der Waals surface area contributed by atoms with Gasteiger partial charge in [0.25, 0.3) is 0 Å². The van der Waals surface area contributed by atoms with Crippen molar-refractivity contribution in [3.05, 3.63) is 59.7 Å². The number of hydrogen-bond donors (Lipinski definition) is 1. The number of carbonyl (C=O) groups excluding carboxylic acids is 1. The number of aryl methyl sites for hydroxylation is 1. The maximum atomic E-state index is 12.5. The van der Waals surface area contributed by atoms with Crippen LogP contribution < -0.4 is 5.32 Å². The molecule has 6 rings (SSSR count). The third-order valence-electron chi connectivity index (χ3n) is 6.54. The molecule has 0 aromatic heterocycles. The SMILES string of the molecule is Cc1cccc(-c2ccc(C3[C@@H]4CN(C(=O)C5CCC5)C[C@H]3N4)cc2)c1. The topological polar surface area (TPSA) is 32.3 Å². The summed E-state index contributed by atoms with van der Waals surface area (Å²) in [6, 6.07) is 18.6. The van der Waals surface area contributed by atoms with Crippen molar-refractivity contribution >= 4 is 5.91 Å². The van der Waals surface area contributed by atoms with Crippen molar-refractivity contribution in [3.8, 4) is 11.1 Å². The zero-order valence-electron chi connectivity index (χ0n) is 15.3. The van der Waals surface area contributed by atoms with Crippen LogP contribution in [0.4, 0.5) is 0 Å². The van der Waals surface area contributed by atoms with Gasteiger partial charge in [-0.2, -0.15) is 0 Å². The van der Waals surface area contributed by atoms with E-state index in [0.717, 1.165) is 25.9 Å². The minimum Gasteiger partial charge on any atom is -0.339 e. The van der Waals surface area contributed by atoms with Crippen molar-refractivity contribution in [2.24, 2.45) is 5.92 Å². The van der Waals surface area contributed by atoms with Crippen LogP contribution in [0.15, 0.2) is 48.5 Å².